The number of H-pyrrole nitrogens is 3. The fourth-order valence-corrected chi connectivity index (χ4v) is 15.0. The lowest BCUT2D eigenvalue weighted by Crippen LogP contribution is -2.42. The molecule has 17 nitrogen and oxygen atoms in total. The van der Waals surface area contributed by atoms with Crippen LogP contribution in [0.5, 0.6) is 0 Å². The van der Waals surface area contributed by atoms with Crippen molar-refractivity contribution in [2.45, 2.75) is 76.7 Å². The van der Waals surface area contributed by atoms with E-state index in [4.69, 9.17) is 9.52 Å². The lowest BCUT2D eigenvalue weighted by molar-refractivity contribution is -0.730. The Balaban J connectivity index is 0.000000140. The van der Waals surface area contributed by atoms with E-state index in [2.05, 4.69) is 205 Å². The van der Waals surface area contributed by atoms with Crippen LogP contribution < -0.4 is 15.3 Å². The van der Waals surface area contributed by atoms with Gasteiger partial charge in [-0.3, -0.25) is 19.8 Å². The molecule has 6 N–H and O–H groups in total. The molecule has 0 spiro atoms. The average Bonchev–Trinajstić information content (AvgIpc) is 1.38. The van der Waals surface area contributed by atoms with Gasteiger partial charge in [-0.05, 0) is 186 Å². The first-order valence-electron chi connectivity index (χ1n) is 45.8. The Morgan fingerprint density at radius 1 is 0.422 bits per heavy atom. The molecule has 0 bridgehead atoms. The molecule has 18 heteroatoms. The molecule has 3 fully saturated rings. The predicted octanol–water partition coefficient (Wildman–Crippen LogP) is 27.5. The molecule has 2 unspecified atom stereocenters. The molecule has 2 atom stereocenters. The number of carboxylic acids is 1. The van der Waals surface area contributed by atoms with Crippen molar-refractivity contribution in [3.8, 4) is 33.5 Å². The lowest BCUT2D eigenvalue weighted by Gasteiger charge is -2.36. The second kappa shape index (κ2) is 61.7. The summed E-state index contributed by atoms with van der Waals surface area (Å²) in [5.41, 5.74) is 16.4. The zero-order valence-corrected chi connectivity index (χ0v) is 77.3. The summed E-state index contributed by atoms with van der Waals surface area (Å²) in [6.07, 6.45) is 36.9. The van der Waals surface area contributed by atoms with Gasteiger partial charge in [-0.15, -0.1) is 11.3 Å². The Hall–Kier alpha value is -15.9. The molecular weight excluding hydrogens is 1680 g/mol. The lowest BCUT2D eigenvalue weighted by atomic mass is 9.80. The highest BCUT2D eigenvalue weighted by molar-refractivity contribution is 7.16. The van der Waals surface area contributed by atoms with Gasteiger partial charge in [-0.2, -0.15) is 4.68 Å². The number of aryl methyl sites for hydroxylation is 1. The number of imidazole rings is 1. The number of hydrogen-bond acceptors (Lipinski definition) is 13. The van der Waals surface area contributed by atoms with Gasteiger partial charge in [0, 0.05) is 95.2 Å². The zero-order valence-electron chi connectivity index (χ0n) is 76.4. The number of pyridine rings is 2. The maximum Gasteiger partial charge on any atom is 0.307 e. The van der Waals surface area contributed by atoms with Gasteiger partial charge >= 0.3 is 5.97 Å². The van der Waals surface area contributed by atoms with Gasteiger partial charge in [-0.1, -0.05) is 352 Å². The number of thiazole rings is 1. The number of benzene rings is 13. The van der Waals surface area contributed by atoms with Crippen molar-refractivity contribution >= 4 is 83.0 Å². The number of aliphatic carboxylic acids is 1. The van der Waals surface area contributed by atoms with Crippen molar-refractivity contribution < 1.29 is 19.0 Å². The van der Waals surface area contributed by atoms with Crippen LogP contribution in [0.3, 0.4) is 0 Å². The number of para-hydroxylation sites is 5. The fourth-order valence-electron chi connectivity index (χ4n) is 14.4. The van der Waals surface area contributed by atoms with Crippen LogP contribution in [0.4, 0.5) is 5.69 Å². The van der Waals surface area contributed by atoms with E-state index >= 15 is 0 Å². The Labute approximate surface area is 797 Å². The van der Waals surface area contributed by atoms with Gasteiger partial charge < -0.3 is 30.1 Å². The molecule has 13 aromatic carbocycles. The SMILES string of the molecule is C1=Nc2ccccc2C1.C1CCC2NCCCC2C1.C1CCNCC1.C[n+]1cc(-c2ccccc2)n[nH]1.O=C(O)Cc1ccc(-c2ccccc2)cc1.c1c[nH]cn1.c1ccc(-c2ccccc2)cc1.c1ccc2[nH]ccc2c1.c1ccc2ccccc2c1.c1ccc2ncccc2c1.c1ccc2occc2c1.c1ccc2scnc2c1.c1ccccc1.c1ccncc1.c1cncnc1. The average molecular weight is 1800 g/mol. The number of rotatable bonds is 5. The first kappa shape index (κ1) is 99.7. The number of piperidine rings is 2. The van der Waals surface area contributed by atoms with Gasteiger partial charge in [0.25, 0.3) is 0 Å². The van der Waals surface area contributed by atoms with E-state index in [1.807, 2.05) is 297 Å². The van der Waals surface area contributed by atoms with Gasteiger partial charge in [0.1, 0.15) is 19.0 Å². The molecule has 25 rings (SSSR count). The minimum absolute atomic E-state index is 0.0784. The van der Waals surface area contributed by atoms with E-state index in [0.29, 0.717) is 0 Å². The summed E-state index contributed by atoms with van der Waals surface area (Å²) in [6, 6.07) is 134. The quantitative estimate of drug-likeness (QED) is 0.0885. The molecule has 1 aliphatic carbocycles. The Bertz CT molecular complexity index is 5900. The zero-order chi connectivity index (χ0) is 93.4. The number of carbonyl (C=O) groups is 1. The third kappa shape index (κ3) is 39.0. The normalized spacial score (nSPS) is 12.8. The molecule has 0 amide bonds. The van der Waals surface area contributed by atoms with E-state index in [0.717, 1.165) is 74.0 Å². The van der Waals surface area contributed by atoms with Crippen LogP contribution >= 0.6 is 11.3 Å². The van der Waals surface area contributed by atoms with E-state index < -0.39 is 5.97 Å². The van der Waals surface area contributed by atoms with Gasteiger partial charge in [0.15, 0.2) is 6.20 Å². The fraction of sp³-hybridized carbons (Fsp3) is 0.145. The van der Waals surface area contributed by atoms with Crippen LogP contribution in [0.25, 0.3) is 87.3 Å². The number of nitrogens with one attached hydrogen (secondary N) is 5. The first-order chi connectivity index (χ1) is 66.8. The third-order valence-corrected chi connectivity index (χ3v) is 22.0. The summed E-state index contributed by atoms with van der Waals surface area (Å²) in [4.78, 5) is 43.7. The van der Waals surface area contributed by atoms with Crippen molar-refractivity contribution in [1.29, 1.82) is 0 Å². The molecule has 1 saturated carbocycles. The number of aliphatic imine (C=N–C) groups is 1. The van der Waals surface area contributed by atoms with Gasteiger partial charge in [0.05, 0.1) is 45.9 Å². The molecule has 11 heterocycles. The minimum Gasteiger partial charge on any atom is -0.481 e. The number of aromatic nitrogens is 11. The standard InChI is InChI=1S/C14H12O2.C12H10.C10H8.C9H9N3.C9H17N.C9H7N.2C8H7N.C8H6O.C7H5NS.C6H6.C5H11N.C5H5N.C4H4N2.C3H4N2/c15-14(16)10-11-6-8-13(9-7-11)12-4-2-1-3-5-12;1-3-7-11(8-4-1)12-9-5-2-6-10-12;1-2-6-10-8-4-3-7-9(10)5-1;1-12-7-9(10-11-12)8-5-3-2-4-6-8;2*1-2-6-9-8(4-1)5-3-7-10-9;3*1-2-4-8-7(3-1)5-6-9-8;1-2-4-7-6(3-1)8-5-9-7;3*1-2-4-6-5-3-1;1-2-5-4-6-3-1;1-2-5-3-4-1/h1-9H,10H2,(H,15,16);1-10H;1-8H;2-7H,1H3;8-10H,1-7H2;1-7H;1-4,6H,5H2;1-6,9H;1-6H;1-5H;1-6H;6H,1-5H2;1-5H;1-4H;1-3H,(H,4,5)/p+1. The molecule has 21 aromatic rings. The molecule has 2 saturated heterocycles. The van der Waals surface area contributed by atoms with E-state index in [1.165, 1.54) is 132 Å². The summed E-state index contributed by atoms with van der Waals surface area (Å²) >= 11 is 1.68. The number of nitrogens with zero attached hydrogens (tertiary/aromatic N) is 9. The number of furan rings is 1. The van der Waals surface area contributed by atoms with Crippen LogP contribution in [-0.4, -0.2) is 93.2 Å². The maximum atomic E-state index is 10.5. The van der Waals surface area contributed by atoms with E-state index in [-0.39, 0.29) is 6.42 Å². The summed E-state index contributed by atoms with van der Waals surface area (Å²) in [5, 5.41) is 28.8. The Morgan fingerprint density at radius 2 is 0.948 bits per heavy atom. The molecule has 0 radical (unpaired) electrons. The van der Waals surface area contributed by atoms with Crippen molar-refractivity contribution in [2.24, 2.45) is 18.0 Å². The van der Waals surface area contributed by atoms with Crippen LogP contribution in [0, 0.1) is 5.92 Å². The van der Waals surface area contributed by atoms with Crippen LogP contribution in [0.2, 0.25) is 0 Å². The largest absolute Gasteiger partial charge is 0.481 e. The number of fused-ring (bicyclic) bond motifs is 7. The van der Waals surface area contributed by atoms with Crippen LogP contribution in [0.1, 0.15) is 68.9 Å². The molecule has 680 valence electrons. The number of aromatic amines is 3. The number of carboxylic acid groups (broad SMARTS) is 1. The molecule has 4 aliphatic rings. The van der Waals surface area contributed by atoms with Gasteiger partial charge in [-0.25, -0.2) is 19.9 Å². The highest BCUT2D eigenvalue weighted by Gasteiger charge is 2.26. The smallest absolute Gasteiger partial charge is 0.307 e. The number of hydrogen-bond donors (Lipinski definition) is 6. The van der Waals surface area contributed by atoms with Crippen molar-refractivity contribution in [2.75, 3.05) is 19.6 Å². The van der Waals surface area contributed by atoms with Crippen molar-refractivity contribution in [3.05, 3.63) is 492 Å². The molecular formula is C117H119N14O3S+. The van der Waals surface area contributed by atoms with E-state index in [1.54, 1.807) is 67.2 Å². The van der Waals surface area contributed by atoms with Crippen molar-refractivity contribution in [1.82, 2.24) is 60.8 Å². The maximum absolute atomic E-state index is 10.5. The third-order valence-electron chi connectivity index (χ3n) is 21.2. The first-order valence-corrected chi connectivity index (χ1v) is 46.6. The van der Waals surface area contributed by atoms with Crippen LogP contribution in [0.15, 0.2) is 490 Å². The Morgan fingerprint density at radius 3 is 1.45 bits per heavy atom. The summed E-state index contributed by atoms with van der Waals surface area (Å²) in [5.74, 6) is 0.245. The summed E-state index contributed by atoms with van der Waals surface area (Å²) in [7, 11) is 1.92. The topological polar surface area (TPSA) is 228 Å². The second-order valence-electron chi connectivity index (χ2n) is 31.0. The van der Waals surface area contributed by atoms with E-state index in [9.17, 15) is 4.79 Å². The highest BCUT2D eigenvalue weighted by Crippen LogP contribution is 2.31. The van der Waals surface area contributed by atoms with Gasteiger partial charge in [0.2, 0.25) is 5.69 Å². The second-order valence-corrected chi connectivity index (χ2v) is 31.9. The van der Waals surface area contributed by atoms with Crippen LogP contribution in [-0.2, 0) is 24.7 Å². The predicted molar refractivity (Wildman–Crippen MR) is 559 cm³/mol. The molecule has 3 aliphatic heterocycles. The highest BCUT2D eigenvalue weighted by atomic mass is 32.1. The van der Waals surface area contributed by atoms with Crippen molar-refractivity contribution in [3.63, 3.8) is 0 Å². The Kier molecular flexibility index (Phi) is 45.5. The summed E-state index contributed by atoms with van der Waals surface area (Å²) < 4.78 is 8.20. The monoisotopic (exact) mass is 1800 g/mol. The summed E-state index contributed by atoms with van der Waals surface area (Å²) in [6.45, 7) is 3.78. The molecule has 135 heavy (non-hydrogen) atoms. The minimum atomic E-state index is -0.799. The molecule has 8 aromatic heterocycles.